The summed E-state index contributed by atoms with van der Waals surface area (Å²) in [5.74, 6) is -22.2. The van der Waals surface area contributed by atoms with Gasteiger partial charge >= 0.3 is 23.6 Å². The van der Waals surface area contributed by atoms with Crippen LogP contribution in [0.3, 0.4) is 0 Å². The molecule has 144 valence electrons. The highest BCUT2D eigenvalue weighted by molar-refractivity contribution is 5.69. The summed E-state index contributed by atoms with van der Waals surface area (Å²) < 4.78 is 126. The molecule has 2 fully saturated rings. The zero-order chi connectivity index (χ0) is 19.3. The Morgan fingerprint density at radius 1 is 1.00 bits per heavy atom. The summed E-state index contributed by atoms with van der Waals surface area (Å²) in [6.45, 7) is 1.97. The molecule has 4 atom stereocenters. The molecule has 26 heavy (non-hydrogen) atoms. The number of hydrogen-bond donors (Lipinski definition) is 0. The van der Waals surface area contributed by atoms with Gasteiger partial charge in [0.2, 0.25) is 17.6 Å². The van der Waals surface area contributed by atoms with Crippen molar-refractivity contribution in [3.8, 4) is 17.2 Å². The van der Waals surface area contributed by atoms with Crippen molar-refractivity contribution >= 4 is 0 Å². The maximum atomic E-state index is 15.2. The molecule has 4 rings (SSSR count). The second-order valence-corrected chi connectivity index (χ2v) is 6.28. The van der Waals surface area contributed by atoms with Gasteiger partial charge in [0.05, 0.1) is 6.61 Å². The van der Waals surface area contributed by atoms with E-state index < -0.39 is 46.7 Å². The van der Waals surface area contributed by atoms with E-state index in [9.17, 15) is 30.7 Å². The first-order valence-electron chi connectivity index (χ1n) is 7.55. The predicted octanol–water partition coefficient (Wildman–Crippen LogP) is 4.73. The van der Waals surface area contributed by atoms with Crippen LogP contribution in [0.1, 0.15) is 18.9 Å². The Labute approximate surface area is 140 Å². The summed E-state index contributed by atoms with van der Waals surface area (Å²) in [4.78, 5) is 0. The second kappa shape index (κ2) is 4.55. The maximum absolute atomic E-state index is 15.2. The van der Waals surface area contributed by atoms with Gasteiger partial charge in [-0.15, -0.1) is 0 Å². The van der Waals surface area contributed by atoms with Gasteiger partial charge in [0.25, 0.3) is 0 Å². The summed E-state index contributed by atoms with van der Waals surface area (Å²) in [6, 6.07) is 1.58. The monoisotopic (exact) mass is 390 g/mol. The average Bonchev–Trinajstić information content (AvgIpc) is 3.46. The molecule has 0 N–H and O–H groups in total. The Hall–Kier alpha value is -1.78. The highest BCUT2D eigenvalue weighted by Crippen LogP contribution is 2.78. The Balaban J connectivity index is 1.83. The van der Waals surface area contributed by atoms with Crippen molar-refractivity contribution in [1.29, 1.82) is 0 Å². The standard InChI is InChI=1S/C15H10F8O3/c1-2-5-24-7-4-3-6(8-9(7)25-8)11(17)10(16)12(18,19)13(20,21)15(23)14(11,22)26-15/h3-4,10H,2,5H2,1H3. The first kappa shape index (κ1) is 17.6. The first-order valence-corrected chi connectivity index (χ1v) is 7.55. The molecular weight excluding hydrogens is 380 g/mol. The van der Waals surface area contributed by atoms with E-state index in [1.54, 1.807) is 6.92 Å². The number of rotatable bonds is 4. The zero-order valence-corrected chi connectivity index (χ0v) is 12.9. The van der Waals surface area contributed by atoms with Crippen LogP contribution in [0.25, 0.3) is 0 Å². The summed E-state index contributed by atoms with van der Waals surface area (Å²) in [6.07, 6.45) is -3.86. The summed E-state index contributed by atoms with van der Waals surface area (Å²) in [5, 5.41) is 0. The van der Waals surface area contributed by atoms with Gasteiger partial charge in [-0.3, -0.25) is 4.74 Å². The van der Waals surface area contributed by atoms with E-state index in [0.29, 0.717) is 12.5 Å². The number of alkyl halides is 8. The third kappa shape index (κ3) is 1.59. The zero-order valence-electron chi connectivity index (χ0n) is 12.9. The highest BCUT2D eigenvalue weighted by Gasteiger charge is 3.04. The van der Waals surface area contributed by atoms with Crippen molar-refractivity contribution in [2.45, 2.75) is 48.7 Å². The van der Waals surface area contributed by atoms with Gasteiger partial charge in [-0.25, -0.2) is 13.2 Å². The molecule has 1 saturated heterocycles. The van der Waals surface area contributed by atoms with E-state index >= 15 is 4.39 Å². The van der Waals surface area contributed by atoms with E-state index in [1.807, 2.05) is 0 Å². The van der Waals surface area contributed by atoms with Gasteiger partial charge < -0.3 is 9.47 Å². The van der Waals surface area contributed by atoms with Gasteiger partial charge in [-0.1, -0.05) is 6.92 Å². The SMILES string of the molecule is CCCOc1ccc(C2(F)C(F)C(F)(F)C(F)(F)C3(F)OC23F)c2c1O2. The third-order valence-electron chi connectivity index (χ3n) is 4.70. The predicted molar refractivity (Wildman–Crippen MR) is 68.6 cm³/mol. The van der Waals surface area contributed by atoms with E-state index in [-0.39, 0.29) is 18.1 Å². The van der Waals surface area contributed by atoms with Crippen molar-refractivity contribution in [1.82, 2.24) is 0 Å². The summed E-state index contributed by atoms with van der Waals surface area (Å²) >= 11 is 0. The van der Waals surface area contributed by atoms with E-state index in [1.165, 1.54) is 0 Å². The summed E-state index contributed by atoms with van der Waals surface area (Å²) in [7, 11) is 0. The molecule has 0 amide bonds. The molecule has 1 aromatic carbocycles. The number of benzene rings is 1. The molecule has 1 aromatic rings. The molecule has 1 aliphatic carbocycles. The normalized spacial score (nSPS) is 40.9. The molecule has 3 nitrogen and oxygen atoms in total. The molecule has 3 aliphatic rings. The van der Waals surface area contributed by atoms with Crippen LogP contribution in [-0.2, 0) is 10.4 Å². The molecule has 0 bridgehead atoms. The van der Waals surface area contributed by atoms with Crippen LogP contribution < -0.4 is 9.47 Å². The van der Waals surface area contributed by atoms with E-state index in [2.05, 4.69) is 4.74 Å². The van der Waals surface area contributed by atoms with Crippen molar-refractivity contribution in [2.75, 3.05) is 6.61 Å². The Morgan fingerprint density at radius 2 is 1.65 bits per heavy atom. The maximum Gasteiger partial charge on any atom is 0.376 e. The van der Waals surface area contributed by atoms with Crippen molar-refractivity contribution in [3.05, 3.63) is 17.7 Å². The molecule has 2 heterocycles. The quantitative estimate of drug-likeness (QED) is 0.559. The summed E-state index contributed by atoms with van der Waals surface area (Å²) in [5.41, 5.74) is -5.75. The topological polar surface area (TPSA) is 34.3 Å². The van der Waals surface area contributed by atoms with Gasteiger partial charge in [0.15, 0.2) is 11.5 Å². The minimum absolute atomic E-state index is 0.0358. The van der Waals surface area contributed by atoms with Gasteiger partial charge in [0.1, 0.15) is 0 Å². The van der Waals surface area contributed by atoms with Crippen LogP contribution in [0.2, 0.25) is 0 Å². The largest absolute Gasteiger partial charge is 0.490 e. The molecule has 0 spiro atoms. The molecule has 0 radical (unpaired) electrons. The van der Waals surface area contributed by atoms with Crippen LogP contribution in [0.15, 0.2) is 12.1 Å². The van der Waals surface area contributed by atoms with Crippen LogP contribution in [0.5, 0.6) is 17.2 Å². The first-order chi connectivity index (χ1) is 11.9. The van der Waals surface area contributed by atoms with E-state index in [4.69, 9.17) is 9.47 Å². The second-order valence-electron chi connectivity index (χ2n) is 6.28. The minimum Gasteiger partial charge on any atom is -0.490 e. The number of epoxide rings is 1. The lowest BCUT2D eigenvalue weighted by Crippen LogP contribution is -2.70. The van der Waals surface area contributed by atoms with Gasteiger partial charge in [-0.2, -0.15) is 22.0 Å². The van der Waals surface area contributed by atoms with Gasteiger partial charge in [0, 0.05) is 5.56 Å². The molecule has 11 heteroatoms. The smallest absolute Gasteiger partial charge is 0.376 e. The molecule has 2 aliphatic heterocycles. The lowest BCUT2D eigenvalue weighted by atomic mass is 9.73. The highest BCUT2D eigenvalue weighted by atomic mass is 19.3. The molecular formula is C15H10F8O3. The van der Waals surface area contributed by atoms with Crippen LogP contribution in [0, 0.1) is 0 Å². The lowest BCUT2D eigenvalue weighted by molar-refractivity contribution is -0.333. The van der Waals surface area contributed by atoms with Crippen molar-refractivity contribution in [2.24, 2.45) is 0 Å². The van der Waals surface area contributed by atoms with Crippen LogP contribution in [0.4, 0.5) is 35.1 Å². The Morgan fingerprint density at radius 3 is 2.27 bits per heavy atom. The fraction of sp³-hybridized carbons (Fsp3) is 0.600. The number of halogens is 8. The molecule has 0 aromatic heterocycles. The molecule has 1 saturated carbocycles. The lowest BCUT2D eigenvalue weighted by Gasteiger charge is -2.41. The Bertz CT molecular complexity index is 795. The number of fused-ring (bicyclic) bond motifs is 2. The minimum atomic E-state index is -5.91. The Kier molecular flexibility index (Phi) is 3.08. The van der Waals surface area contributed by atoms with Gasteiger partial charge in [-0.05, 0) is 18.6 Å². The van der Waals surface area contributed by atoms with Crippen LogP contribution in [-0.4, -0.2) is 36.3 Å². The van der Waals surface area contributed by atoms with Crippen molar-refractivity contribution < 1.29 is 49.3 Å². The molecule has 4 unspecified atom stereocenters. The third-order valence-corrected chi connectivity index (χ3v) is 4.70. The fourth-order valence-corrected chi connectivity index (χ4v) is 3.18. The number of hydrogen-bond acceptors (Lipinski definition) is 3. The fourth-order valence-electron chi connectivity index (χ4n) is 3.18. The van der Waals surface area contributed by atoms with Crippen molar-refractivity contribution in [3.63, 3.8) is 0 Å². The van der Waals surface area contributed by atoms with E-state index in [0.717, 1.165) is 6.07 Å². The van der Waals surface area contributed by atoms with Crippen LogP contribution >= 0.6 is 0 Å². The number of ether oxygens (including phenoxy) is 3. The average molecular weight is 390 g/mol.